The molecule has 0 aromatic heterocycles. The average Bonchev–Trinajstić information content (AvgIpc) is 2.25. The molecule has 0 radical (unpaired) electrons. The van der Waals surface area contributed by atoms with Gasteiger partial charge in [0.05, 0.1) is 4.90 Å². The van der Waals surface area contributed by atoms with Crippen LogP contribution in [0.3, 0.4) is 0 Å². The summed E-state index contributed by atoms with van der Waals surface area (Å²) in [6, 6.07) is 6.79. The van der Waals surface area contributed by atoms with Crippen LogP contribution in [-0.2, 0) is 10.0 Å². The Morgan fingerprint density at radius 2 is 1.80 bits per heavy atom. The smallest absolute Gasteiger partial charge is 0.208 e. The van der Waals surface area contributed by atoms with Crippen LogP contribution in [0.2, 0.25) is 0 Å². The predicted molar refractivity (Wildman–Crippen MR) is 85.0 cm³/mol. The molecule has 0 heterocycles. The summed E-state index contributed by atoms with van der Waals surface area (Å²) in [6.45, 7) is 6.62. The lowest BCUT2D eigenvalue weighted by Crippen LogP contribution is -2.42. The maximum atomic E-state index is 12.4. The van der Waals surface area contributed by atoms with Gasteiger partial charge in [0.2, 0.25) is 10.0 Å². The van der Waals surface area contributed by atoms with Crippen LogP contribution in [0.25, 0.3) is 0 Å². The standard InChI is InChI=1S/C15H22BrNO2S/c1-11-8-13(10-15(2,3)9-11)17-20(18,19)14-6-4-12(16)5-7-14/h4-7,11,13,17H,8-10H2,1-3H3/t11-,13+/m0/s1. The maximum absolute atomic E-state index is 12.4. The number of rotatable bonds is 3. The average molecular weight is 360 g/mol. The van der Waals surface area contributed by atoms with Gasteiger partial charge in [0.25, 0.3) is 0 Å². The third-order valence-electron chi connectivity index (χ3n) is 3.83. The number of benzene rings is 1. The highest BCUT2D eigenvalue weighted by Gasteiger charge is 2.34. The fraction of sp³-hybridized carbons (Fsp3) is 0.600. The Balaban J connectivity index is 2.14. The second-order valence-corrected chi connectivity index (χ2v) is 9.32. The fourth-order valence-electron chi connectivity index (χ4n) is 3.34. The largest absolute Gasteiger partial charge is 0.240 e. The van der Waals surface area contributed by atoms with E-state index in [1.54, 1.807) is 24.3 Å². The van der Waals surface area contributed by atoms with Gasteiger partial charge in [-0.25, -0.2) is 13.1 Å². The summed E-state index contributed by atoms with van der Waals surface area (Å²) in [4.78, 5) is 0.330. The molecule has 1 N–H and O–H groups in total. The summed E-state index contributed by atoms with van der Waals surface area (Å²) >= 11 is 3.32. The van der Waals surface area contributed by atoms with E-state index < -0.39 is 10.0 Å². The quantitative estimate of drug-likeness (QED) is 0.887. The summed E-state index contributed by atoms with van der Waals surface area (Å²) in [5, 5.41) is 0. The van der Waals surface area contributed by atoms with Crippen molar-refractivity contribution in [3.8, 4) is 0 Å². The van der Waals surface area contributed by atoms with Crippen molar-refractivity contribution in [3.63, 3.8) is 0 Å². The molecule has 0 spiro atoms. The molecule has 2 atom stereocenters. The number of sulfonamides is 1. The molecule has 0 aliphatic heterocycles. The van der Waals surface area contributed by atoms with Gasteiger partial charge < -0.3 is 0 Å². The van der Waals surface area contributed by atoms with Crippen molar-refractivity contribution < 1.29 is 8.42 Å². The molecule has 0 amide bonds. The minimum Gasteiger partial charge on any atom is -0.208 e. The second kappa shape index (κ2) is 5.78. The Morgan fingerprint density at radius 1 is 1.20 bits per heavy atom. The first-order valence-electron chi connectivity index (χ1n) is 6.96. The van der Waals surface area contributed by atoms with Gasteiger partial charge in [0.15, 0.2) is 0 Å². The summed E-state index contributed by atoms with van der Waals surface area (Å²) in [5.41, 5.74) is 0.199. The van der Waals surface area contributed by atoms with E-state index in [4.69, 9.17) is 0 Å². The third kappa shape index (κ3) is 4.06. The van der Waals surface area contributed by atoms with Crippen LogP contribution < -0.4 is 4.72 Å². The van der Waals surface area contributed by atoms with E-state index in [0.29, 0.717) is 10.8 Å². The summed E-state index contributed by atoms with van der Waals surface area (Å²) in [7, 11) is -3.42. The minimum absolute atomic E-state index is 0.0300. The molecule has 1 fully saturated rings. The van der Waals surface area contributed by atoms with Crippen LogP contribution in [0, 0.1) is 11.3 Å². The first-order valence-corrected chi connectivity index (χ1v) is 9.23. The molecule has 112 valence electrons. The number of hydrogen-bond donors (Lipinski definition) is 1. The van der Waals surface area contributed by atoms with Crippen molar-refractivity contribution in [1.82, 2.24) is 4.72 Å². The zero-order valence-corrected chi connectivity index (χ0v) is 14.6. The van der Waals surface area contributed by atoms with E-state index in [1.807, 2.05) is 0 Å². The van der Waals surface area contributed by atoms with Crippen LogP contribution in [0.4, 0.5) is 0 Å². The highest BCUT2D eigenvalue weighted by molar-refractivity contribution is 9.10. The number of halogens is 1. The predicted octanol–water partition coefficient (Wildman–Crippen LogP) is 3.94. The molecular formula is C15H22BrNO2S. The molecule has 0 bridgehead atoms. The molecule has 1 aromatic rings. The van der Waals surface area contributed by atoms with Crippen LogP contribution in [0.15, 0.2) is 33.6 Å². The zero-order valence-electron chi connectivity index (χ0n) is 12.2. The van der Waals surface area contributed by atoms with Crippen LogP contribution >= 0.6 is 15.9 Å². The van der Waals surface area contributed by atoms with E-state index in [2.05, 4.69) is 41.4 Å². The Bertz CT molecular complexity index is 566. The van der Waals surface area contributed by atoms with Crippen LogP contribution in [0.5, 0.6) is 0 Å². The van der Waals surface area contributed by atoms with Crippen molar-refractivity contribution in [2.75, 3.05) is 0 Å². The van der Waals surface area contributed by atoms with Crippen molar-refractivity contribution in [3.05, 3.63) is 28.7 Å². The Hall–Kier alpha value is -0.390. The van der Waals surface area contributed by atoms with Crippen LogP contribution in [-0.4, -0.2) is 14.5 Å². The van der Waals surface area contributed by atoms with Crippen LogP contribution in [0.1, 0.15) is 40.0 Å². The molecule has 0 saturated heterocycles. The molecule has 2 rings (SSSR count). The van der Waals surface area contributed by atoms with Gasteiger partial charge in [0.1, 0.15) is 0 Å². The molecule has 20 heavy (non-hydrogen) atoms. The second-order valence-electron chi connectivity index (χ2n) is 6.69. The fourth-order valence-corrected chi connectivity index (χ4v) is 4.85. The lowest BCUT2D eigenvalue weighted by molar-refractivity contribution is 0.163. The van der Waals surface area contributed by atoms with Crippen molar-refractivity contribution in [2.24, 2.45) is 11.3 Å². The van der Waals surface area contributed by atoms with Crippen molar-refractivity contribution in [1.29, 1.82) is 0 Å². The van der Waals surface area contributed by atoms with Gasteiger partial charge in [-0.2, -0.15) is 0 Å². The van der Waals surface area contributed by atoms with E-state index in [9.17, 15) is 8.42 Å². The summed E-state index contributed by atoms with van der Waals surface area (Å²) in [6.07, 6.45) is 2.97. The molecule has 3 nitrogen and oxygen atoms in total. The Labute approximate surface area is 130 Å². The van der Waals surface area contributed by atoms with Crippen molar-refractivity contribution >= 4 is 26.0 Å². The summed E-state index contributed by atoms with van der Waals surface area (Å²) in [5.74, 6) is 0.552. The maximum Gasteiger partial charge on any atom is 0.240 e. The highest BCUT2D eigenvalue weighted by Crippen LogP contribution is 2.38. The first-order chi connectivity index (χ1) is 9.18. The van der Waals surface area contributed by atoms with Gasteiger partial charge in [-0.05, 0) is 54.9 Å². The Morgan fingerprint density at radius 3 is 2.35 bits per heavy atom. The topological polar surface area (TPSA) is 46.2 Å². The molecule has 1 aliphatic carbocycles. The van der Waals surface area contributed by atoms with E-state index >= 15 is 0 Å². The molecule has 0 unspecified atom stereocenters. The van der Waals surface area contributed by atoms with E-state index in [1.165, 1.54) is 0 Å². The molecule has 5 heteroatoms. The zero-order chi connectivity index (χ0) is 15.0. The van der Waals surface area contributed by atoms with E-state index in [-0.39, 0.29) is 11.5 Å². The molecular weight excluding hydrogens is 338 g/mol. The Kier molecular flexibility index (Phi) is 4.62. The third-order valence-corrected chi connectivity index (χ3v) is 5.90. The minimum atomic E-state index is -3.42. The van der Waals surface area contributed by atoms with Gasteiger partial charge in [-0.15, -0.1) is 0 Å². The van der Waals surface area contributed by atoms with E-state index in [0.717, 1.165) is 23.7 Å². The first kappa shape index (κ1) is 16.0. The summed E-state index contributed by atoms with van der Waals surface area (Å²) < 4.78 is 28.6. The normalized spacial score (nSPS) is 26.4. The molecule has 1 saturated carbocycles. The lowest BCUT2D eigenvalue weighted by atomic mass is 9.71. The number of nitrogens with one attached hydrogen (secondary N) is 1. The number of hydrogen-bond acceptors (Lipinski definition) is 2. The van der Waals surface area contributed by atoms with Gasteiger partial charge in [-0.1, -0.05) is 36.7 Å². The highest BCUT2D eigenvalue weighted by atomic mass is 79.9. The van der Waals surface area contributed by atoms with Gasteiger partial charge >= 0.3 is 0 Å². The molecule has 1 aromatic carbocycles. The van der Waals surface area contributed by atoms with Gasteiger partial charge in [0, 0.05) is 10.5 Å². The SMILES string of the molecule is C[C@H]1C[C@@H](NS(=O)(=O)c2ccc(Br)cc2)CC(C)(C)C1. The lowest BCUT2D eigenvalue weighted by Gasteiger charge is -2.39. The van der Waals surface area contributed by atoms with Crippen molar-refractivity contribution in [2.45, 2.75) is 51.0 Å². The monoisotopic (exact) mass is 359 g/mol. The van der Waals surface area contributed by atoms with Gasteiger partial charge in [-0.3, -0.25) is 0 Å². The molecule has 1 aliphatic rings.